The summed E-state index contributed by atoms with van der Waals surface area (Å²) >= 11 is 0. The fourth-order valence-corrected chi connectivity index (χ4v) is 11.5. The lowest BCUT2D eigenvalue weighted by Gasteiger charge is -2.42. The first kappa shape index (κ1) is 62.1. The van der Waals surface area contributed by atoms with Gasteiger partial charge in [0.2, 0.25) is 11.6 Å². The van der Waals surface area contributed by atoms with Gasteiger partial charge in [0.15, 0.2) is 35.7 Å². The van der Waals surface area contributed by atoms with E-state index >= 15 is 0 Å². The van der Waals surface area contributed by atoms with Gasteiger partial charge in [0.1, 0.15) is 58.9 Å². The minimum Gasteiger partial charge on any atom is -0.507 e. The van der Waals surface area contributed by atoms with Crippen LogP contribution in [0.2, 0.25) is 0 Å². The van der Waals surface area contributed by atoms with Gasteiger partial charge in [0, 0.05) is 84.0 Å². The summed E-state index contributed by atoms with van der Waals surface area (Å²) in [5, 5.41) is 107. The minimum absolute atomic E-state index is 0.0173. The molecule has 16 N–H and O–H groups in total. The summed E-state index contributed by atoms with van der Waals surface area (Å²) in [6, 6.07) is 7.27. The Morgan fingerprint density at radius 1 is 0.590 bits per heavy atom. The third-order valence-corrected chi connectivity index (χ3v) is 15.6. The standard InChI is InChI=1S/2C27H29NO11.H2O4S/c2*1-10-22(31)13(28)6-17(38-10)39-15-8-27(36,16(30)9-29)7-12-19(15)26(35)21-20(24(12)33)23(32)11-4-3-5-14(37-2)18(11)25(21)34;1-5(2,3)4/h2*3-5,10,13,15,17,22,29,31,33,35-36H,6-9,28H2,1-2H3;(H2,1,2,3,4)/t2*10?,13?,15-,17?,22?,27-;/m00./s1. The maximum atomic E-state index is 13.6. The van der Waals surface area contributed by atoms with Crippen molar-refractivity contribution in [3.63, 3.8) is 0 Å². The quantitative estimate of drug-likeness (QED) is 0.0598. The molecule has 8 unspecified atom stereocenters. The first-order valence-corrected chi connectivity index (χ1v) is 26.9. The molecule has 448 valence electrons. The number of phenols is 4. The van der Waals surface area contributed by atoms with Crippen LogP contribution in [0, 0.1) is 0 Å². The molecule has 4 aromatic rings. The minimum atomic E-state index is -4.67. The van der Waals surface area contributed by atoms with Crippen LogP contribution < -0.4 is 20.9 Å². The van der Waals surface area contributed by atoms with Crippen molar-refractivity contribution < 1.29 is 126 Å². The highest BCUT2D eigenvalue weighted by molar-refractivity contribution is 7.79. The van der Waals surface area contributed by atoms with Crippen molar-refractivity contribution in [2.24, 2.45) is 11.5 Å². The van der Waals surface area contributed by atoms with Crippen LogP contribution in [0.15, 0.2) is 36.4 Å². The van der Waals surface area contributed by atoms with Crippen LogP contribution in [0.25, 0.3) is 0 Å². The van der Waals surface area contributed by atoms with Gasteiger partial charge >= 0.3 is 10.4 Å². The zero-order valence-electron chi connectivity index (χ0n) is 44.5. The van der Waals surface area contributed by atoms with E-state index in [2.05, 4.69) is 0 Å². The molecule has 2 fully saturated rings. The highest BCUT2D eigenvalue weighted by Crippen LogP contribution is 2.55. The Balaban J connectivity index is 0.000000201. The summed E-state index contributed by atoms with van der Waals surface area (Å²) in [4.78, 5) is 79.5. The van der Waals surface area contributed by atoms with Crippen LogP contribution in [0.5, 0.6) is 34.5 Å². The fraction of sp³-hybridized carbons (Fsp3) is 0.444. The average Bonchev–Trinajstić information content (AvgIpc) is 1.10. The lowest BCUT2D eigenvalue weighted by molar-refractivity contribution is -0.247. The van der Waals surface area contributed by atoms with E-state index < -0.39 is 202 Å². The number of hydrogen-bond acceptors (Lipinski definition) is 26. The molecule has 29 heteroatoms. The number of Topliss-reactive ketones (excluding diaryl/α,β-unsaturated/α-hetero) is 2. The van der Waals surface area contributed by atoms with Crippen LogP contribution >= 0.6 is 0 Å². The molecule has 6 aliphatic rings. The number of ketones is 6. The Kier molecular flexibility index (Phi) is 17.4. The summed E-state index contributed by atoms with van der Waals surface area (Å²) in [7, 11) is -2.02. The van der Waals surface area contributed by atoms with Crippen molar-refractivity contribution in [2.75, 3.05) is 27.4 Å². The van der Waals surface area contributed by atoms with Crippen molar-refractivity contribution in [3.05, 3.63) is 103 Å². The lowest BCUT2D eigenvalue weighted by Crippen LogP contribution is -2.53. The largest absolute Gasteiger partial charge is 0.507 e. The number of aliphatic hydroxyl groups excluding tert-OH is 4. The smallest absolute Gasteiger partial charge is 0.394 e. The molecular formula is C54H60N2O26S. The van der Waals surface area contributed by atoms with E-state index in [1.54, 1.807) is 13.8 Å². The summed E-state index contributed by atoms with van der Waals surface area (Å²) in [6.07, 6.45) is -10.2. The van der Waals surface area contributed by atoms with Gasteiger partial charge in [0.05, 0.1) is 84.2 Å². The van der Waals surface area contributed by atoms with E-state index in [0.29, 0.717) is 0 Å². The average molecular weight is 1190 g/mol. The van der Waals surface area contributed by atoms with Gasteiger partial charge in [-0.2, -0.15) is 8.42 Å². The van der Waals surface area contributed by atoms with Gasteiger partial charge in [-0.05, 0) is 26.0 Å². The molecule has 10 rings (SSSR count). The molecule has 0 aromatic heterocycles. The second-order valence-electron chi connectivity index (χ2n) is 20.8. The number of phenolic OH excluding ortho intramolecular Hbond substituents is 4. The van der Waals surface area contributed by atoms with Crippen LogP contribution in [0.3, 0.4) is 0 Å². The third kappa shape index (κ3) is 11.2. The molecule has 4 aliphatic carbocycles. The maximum Gasteiger partial charge on any atom is 0.394 e. The van der Waals surface area contributed by atoms with E-state index in [0.717, 1.165) is 0 Å². The van der Waals surface area contributed by atoms with E-state index in [-0.39, 0.29) is 68.8 Å². The number of fused-ring (bicyclic) bond motifs is 6. The third-order valence-electron chi connectivity index (χ3n) is 15.6. The van der Waals surface area contributed by atoms with E-state index in [9.17, 15) is 79.8 Å². The molecule has 0 radical (unpaired) electrons. The first-order valence-electron chi connectivity index (χ1n) is 25.5. The Morgan fingerprint density at radius 2 is 0.916 bits per heavy atom. The summed E-state index contributed by atoms with van der Waals surface area (Å²) < 4.78 is 65.6. The zero-order valence-corrected chi connectivity index (χ0v) is 45.4. The zero-order chi connectivity index (χ0) is 61.3. The molecule has 83 heavy (non-hydrogen) atoms. The van der Waals surface area contributed by atoms with Crippen LogP contribution in [-0.2, 0) is 51.8 Å². The SMILES string of the molecule is COc1cccc2c1C(=O)c1c(O)c3c(c(O)c1C2=O)C[C@@](O)(C(=O)CO)C[C@@H]3OC1CC(N)C(O)C(C)O1.COc1cccc2c1C(=O)c1c(O)c3c(c(O)c1C2=O)C[C@@](O)(C(=O)CO)C[C@@H]3OC1CC(N)C(O)C(C)O1.O=S(=O)(O)O. The summed E-state index contributed by atoms with van der Waals surface area (Å²) in [5.74, 6) is -7.55. The van der Waals surface area contributed by atoms with E-state index in [1.807, 2.05) is 0 Å². The van der Waals surface area contributed by atoms with Gasteiger partial charge < -0.3 is 91.0 Å². The Labute approximate surface area is 470 Å². The summed E-state index contributed by atoms with van der Waals surface area (Å²) in [5.41, 5.74) is 4.75. The molecule has 4 aromatic carbocycles. The van der Waals surface area contributed by atoms with Crippen LogP contribution in [0.1, 0.15) is 138 Å². The molecule has 2 aliphatic heterocycles. The van der Waals surface area contributed by atoms with Crippen molar-refractivity contribution in [1.82, 2.24) is 0 Å². The predicted molar refractivity (Wildman–Crippen MR) is 278 cm³/mol. The van der Waals surface area contributed by atoms with Gasteiger partial charge in [0.25, 0.3) is 0 Å². The topological polar surface area (TPSA) is 487 Å². The Morgan fingerprint density at radius 3 is 1.22 bits per heavy atom. The number of carbonyl (C=O) groups excluding carboxylic acids is 6. The first-order chi connectivity index (χ1) is 38.9. The van der Waals surface area contributed by atoms with Crippen LogP contribution in [-0.4, -0.2) is 191 Å². The number of carbonyl (C=O) groups is 6. The normalized spacial score (nSPS) is 28.7. The fourth-order valence-electron chi connectivity index (χ4n) is 11.5. The van der Waals surface area contributed by atoms with Crippen molar-refractivity contribution in [2.45, 2.75) is 125 Å². The molecule has 0 bridgehead atoms. The molecule has 12 atom stereocenters. The number of benzene rings is 4. The molecule has 2 heterocycles. The Bertz CT molecular complexity index is 3220. The number of methoxy groups -OCH3 is 2. The van der Waals surface area contributed by atoms with Gasteiger partial charge in [-0.1, -0.05) is 24.3 Å². The molecule has 0 spiro atoms. The summed E-state index contributed by atoms with van der Waals surface area (Å²) in [6.45, 7) is 1.12. The Hall–Kier alpha value is -6.91. The van der Waals surface area contributed by atoms with E-state index in [4.69, 9.17) is 57.4 Å². The second kappa shape index (κ2) is 23.3. The number of ether oxygens (including phenoxy) is 6. The monoisotopic (exact) mass is 1180 g/mol. The van der Waals surface area contributed by atoms with Crippen molar-refractivity contribution in [3.8, 4) is 34.5 Å². The lowest BCUT2D eigenvalue weighted by atomic mass is 9.72. The van der Waals surface area contributed by atoms with Crippen molar-refractivity contribution >= 4 is 45.1 Å². The number of aromatic hydroxyl groups is 4. The molecular weight excluding hydrogens is 1120 g/mol. The van der Waals surface area contributed by atoms with E-state index in [1.165, 1.54) is 50.6 Å². The van der Waals surface area contributed by atoms with Gasteiger partial charge in [-0.15, -0.1) is 0 Å². The maximum absolute atomic E-state index is 13.6. The molecule has 2 saturated heterocycles. The molecule has 0 saturated carbocycles. The molecule has 0 amide bonds. The molecule has 28 nitrogen and oxygen atoms in total. The second-order valence-corrected chi connectivity index (χ2v) is 21.7. The van der Waals surface area contributed by atoms with Gasteiger partial charge in [-0.25, -0.2) is 0 Å². The van der Waals surface area contributed by atoms with Crippen molar-refractivity contribution in [1.29, 1.82) is 0 Å². The number of rotatable bonds is 10. The predicted octanol–water partition coefficient (Wildman–Crippen LogP) is -0.650. The van der Waals surface area contributed by atoms with Crippen LogP contribution in [0.4, 0.5) is 0 Å². The highest BCUT2D eigenvalue weighted by atomic mass is 32.3. The van der Waals surface area contributed by atoms with Gasteiger partial charge in [-0.3, -0.25) is 37.9 Å². The highest BCUT2D eigenvalue weighted by Gasteiger charge is 2.52. The number of aliphatic hydroxyl groups is 6. The number of nitrogens with two attached hydrogens (primary N) is 2. The number of hydrogen-bond donors (Lipinski definition) is 14.